The van der Waals surface area contributed by atoms with Crippen LogP contribution in [0.3, 0.4) is 0 Å². The van der Waals surface area contributed by atoms with Crippen LogP contribution in [-0.4, -0.2) is 56.3 Å². The van der Waals surface area contributed by atoms with Gasteiger partial charge >= 0.3 is 0 Å². The Hall–Kier alpha value is -1.97. The Morgan fingerprint density at radius 3 is 2.59 bits per heavy atom. The number of piperidine rings is 1. The minimum atomic E-state index is -3.34. The van der Waals surface area contributed by atoms with Crippen LogP contribution in [0.1, 0.15) is 56.5 Å². The van der Waals surface area contributed by atoms with E-state index in [9.17, 15) is 12.8 Å². The minimum absolute atomic E-state index is 0.0578. The second kappa shape index (κ2) is 9.49. The lowest BCUT2D eigenvalue weighted by atomic mass is 9.98. The van der Waals surface area contributed by atoms with Gasteiger partial charge in [0.1, 0.15) is 5.82 Å². The molecule has 1 fully saturated rings. The van der Waals surface area contributed by atoms with E-state index in [4.69, 9.17) is 9.84 Å². The zero-order valence-electron chi connectivity index (χ0n) is 19.0. The molecule has 0 spiro atoms. The van der Waals surface area contributed by atoms with E-state index in [-0.39, 0.29) is 24.0 Å². The number of benzene rings is 1. The molecule has 7 nitrogen and oxygen atoms in total. The van der Waals surface area contributed by atoms with E-state index in [0.29, 0.717) is 18.2 Å². The van der Waals surface area contributed by atoms with Gasteiger partial charge in [-0.25, -0.2) is 17.5 Å². The van der Waals surface area contributed by atoms with Crippen molar-refractivity contribution in [3.05, 3.63) is 47.5 Å². The lowest BCUT2D eigenvalue weighted by Gasteiger charge is -2.36. The molecular weight excluding hydrogens is 431 g/mol. The van der Waals surface area contributed by atoms with Crippen molar-refractivity contribution < 1.29 is 17.5 Å². The maximum absolute atomic E-state index is 14.1. The molecule has 1 aromatic heterocycles. The first kappa shape index (κ1) is 23.2. The average molecular weight is 465 g/mol. The van der Waals surface area contributed by atoms with Crippen LogP contribution in [0.2, 0.25) is 0 Å². The summed E-state index contributed by atoms with van der Waals surface area (Å²) in [4.78, 5) is 2.06. The Balaban J connectivity index is 1.43. The van der Waals surface area contributed by atoms with Gasteiger partial charge in [0.25, 0.3) is 0 Å². The number of rotatable bonds is 7. The fourth-order valence-corrected chi connectivity index (χ4v) is 5.51. The van der Waals surface area contributed by atoms with Gasteiger partial charge in [0.2, 0.25) is 10.0 Å². The second-order valence-electron chi connectivity index (χ2n) is 9.23. The van der Waals surface area contributed by atoms with E-state index in [2.05, 4.69) is 29.5 Å². The van der Waals surface area contributed by atoms with Gasteiger partial charge in [-0.2, -0.15) is 5.10 Å². The molecule has 176 valence electrons. The highest BCUT2D eigenvalue weighted by atomic mass is 32.2. The van der Waals surface area contributed by atoms with E-state index in [1.54, 1.807) is 6.07 Å². The van der Waals surface area contributed by atoms with E-state index >= 15 is 0 Å². The quantitative estimate of drug-likeness (QED) is 0.681. The number of aromatic nitrogens is 2. The monoisotopic (exact) mass is 464 g/mol. The summed E-state index contributed by atoms with van der Waals surface area (Å²) in [6.45, 7) is 6.06. The van der Waals surface area contributed by atoms with Crippen LogP contribution < -0.4 is 9.62 Å². The molecule has 3 heterocycles. The summed E-state index contributed by atoms with van der Waals surface area (Å²) in [5.74, 6) is 0.106. The zero-order chi connectivity index (χ0) is 22.9. The summed E-state index contributed by atoms with van der Waals surface area (Å²) in [7, 11) is -3.34. The highest BCUT2D eigenvalue weighted by Crippen LogP contribution is 2.30. The molecule has 1 N–H and O–H groups in total. The van der Waals surface area contributed by atoms with Crippen LogP contribution >= 0.6 is 0 Å². The van der Waals surface area contributed by atoms with Crippen molar-refractivity contribution in [1.29, 1.82) is 0 Å². The minimum Gasteiger partial charge on any atom is -0.376 e. The summed E-state index contributed by atoms with van der Waals surface area (Å²) >= 11 is 0. The molecule has 2 atom stereocenters. The highest BCUT2D eigenvalue weighted by molar-refractivity contribution is 7.88. The maximum Gasteiger partial charge on any atom is 0.209 e. The second-order valence-corrected chi connectivity index (χ2v) is 11.0. The lowest BCUT2D eigenvalue weighted by Crippen LogP contribution is -2.47. The Kier molecular flexibility index (Phi) is 6.88. The Morgan fingerprint density at radius 1 is 1.22 bits per heavy atom. The van der Waals surface area contributed by atoms with Crippen molar-refractivity contribution in [3.8, 4) is 0 Å². The van der Waals surface area contributed by atoms with Gasteiger partial charge in [0.05, 0.1) is 36.4 Å². The van der Waals surface area contributed by atoms with Crippen LogP contribution in [0.15, 0.2) is 30.3 Å². The van der Waals surface area contributed by atoms with Gasteiger partial charge in [0.15, 0.2) is 0 Å². The average Bonchev–Trinajstić information content (AvgIpc) is 3.18. The molecule has 0 radical (unpaired) electrons. The third kappa shape index (κ3) is 5.32. The van der Waals surface area contributed by atoms with E-state index in [0.717, 1.165) is 50.2 Å². The van der Waals surface area contributed by atoms with Crippen LogP contribution in [0.25, 0.3) is 0 Å². The maximum atomic E-state index is 14.1. The van der Waals surface area contributed by atoms with Crippen molar-refractivity contribution >= 4 is 15.7 Å². The summed E-state index contributed by atoms with van der Waals surface area (Å²) in [6.07, 6.45) is 4.35. The van der Waals surface area contributed by atoms with Crippen molar-refractivity contribution in [1.82, 2.24) is 14.5 Å². The predicted molar refractivity (Wildman–Crippen MR) is 123 cm³/mol. The van der Waals surface area contributed by atoms with E-state index < -0.39 is 10.0 Å². The smallest absolute Gasteiger partial charge is 0.209 e. The van der Waals surface area contributed by atoms with Crippen LogP contribution in [0, 0.1) is 5.82 Å². The molecule has 2 aliphatic rings. The predicted octanol–water partition coefficient (Wildman–Crippen LogP) is 3.24. The fourth-order valence-electron chi connectivity index (χ4n) is 4.68. The zero-order valence-corrected chi connectivity index (χ0v) is 19.8. The van der Waals surface area contributed by atoms with Gasteiger partial charge in [-0.15, -0.1) is 0 Å². The molecule has 0 aliphatic carbocycles. The van der Waals surface area contributed by atoms with Crippen LogP contribution in [0.4, 0.5) is 10.1 Å². The first-order chi connectivity index (χ1) is 15.2. The van der Waals surface area contributed by atoms with Crippen molar-refractivity contribution in [3.63, 3.8) is 0 Å². The number of nitrogens with one attached hydrogen (secondary N) is 1. The Morgan fingerprint density at radius 2 is 1.94 bits per heavy atom. The molecule has 1 saturated heterocycles. The molecule has 0 unspecified atom stereocenters. The number of nitrogens with zero attached hydrogens (tertiary/aromatic N) is 3. The van der Waals surface area contributed by atoms with Crippen molar-refractivity contribution in [2.24, 2.45) is 0 Å². The Bertz CT molecular complexity index is 1030. The van der Waals surface area contributed by atoms with Gasteiger partial charge in [-0.05, 0) is 49.8 Å². The molecule has 0 saturated carbocycles. The standard InChI is InChI=1S/C23H33FN4O3S/c1-16(2)21-14-17-8-9-20(26-32(3,29)30)23(28(17)25-21)15-31-18-10-12-27(13-11-18)22-7-5-4-6-19(22)24/h4-7,14,16,18,20,23,26H,8-13,15H2,1-3H3/t20-,23-/m0/s1. The third-order valence-corrected chi connectivity index (χ3v) is 7.15. The largest absolute Gasteiger partial charge is 0.376 e. The molecule has 1 aromatic carbocycles. The number of para-hydroxylation sites is 1. The molecule has 32 heavy (non-hydrogen) atoms. The SMILES string of the molecule is CC(C)c1cc2n(n1)[C@@H](COC1CCN(c3ccccc3F)CC1)[C@@H](NS(C)(=O)=O)CC2. The van der Waals surface area contributed by atoms with Gasteiger partial charge < -0.3 is 9.64 Å². The number of anilines is 1. The van der Waals surface area contributed by atoms with E-state index in [1.807, 2.05) is 16.8 Å². The number of sulfonamides is 1. The summed E-state index contributed by atoms with van der Waals surface area (Å²) < 4.78 is 49.1. The van der Waals surface area contributed by atoms with E-state index in [1.165, 1.54) is 12.3 Å². The Labute approximate surface area is 190 Å². The molecule has 2 aliphatic heterocycles. The highest BCUT2D eigenvalue weighted by Gasteiger charge is 2.34. The molecular formula is C23H33FN4O3S. The number of halogens is 1. The number of aryl methyl sites for hydroxylation is 1. The number of hydrogen-bond donors (Lipinski definition) is 1. The number of ether oxygens (including phenoxy) is 1. The van der Waals surface area contributed by atoms with Gasteiger partial charge in [-0.3, -0.25) is 4.68 Å². The summed E-state index contributed by atoms with van der Waals surface area (Å²) in [6, 6.07) is 8.54. The number of fused-ring (bicyclic) bond motifs is 1. The first-order valence-corrected chi connectivity index (χ1v) is 13.3. The van der Waals surface area contributed by atoms with Crippen LogP contribution in [-0.2, 0) is 21.2 Å². The lowest BCUT2D eigenvalue weighted by molar-refractivity contribution is 0.00605. The molecule has 2 aromatic rings. The summed E-state index contributed by atoms with van der Waals surface area (Å²) in [5, 5.41) is 4.79. The molecule has 4 rings (SSSR count). The molecule has 9 heteroatoms. The molecule has 0 bridgehead atoms. The van der Waals surface area contributed by atoms with Crippen LogP contribution in [0.5, 0.6) is 0 Å². The molecule has 0 amide bonds. The van der Waals surface area contributed by atoms with Gasteiger partial charge in [-0.1, -0.05) is 26.0 Å². The normalized spacial score (nSPS) is 22.3. The first-order valence-electron chi connectivity index (χ1n) is 11.4. The summed E-state index contributed by atoms with van der Waals surface area (Å²) in [5.41, 5.74) is 2.78. The third-order valence-electron chi connectivity index (χ3n) is 6.42. The van der Waals surface area contributed by atoms with Crippen molar-refractivity contribution in [2.45, 2.75) is 63.6 Å². The van der Waals surface area contributed by atoms with Crippen molar-refractivity contribution in [2.75, 3.05) is 30.9 Å². The number of hydrogen-bond acceptors (Lipinski definition) is 5. The topological polar surface area (TPSA) is 76.5 Å². The van der Waals surface area contributed by atoms with Gasteiger partial charge in [0, 0.05) is 24.8 Å². The fraction of sp³-hybridized carbons (Fsp3) is 0.609.